The van der Waals surface area contributed by atoms with Crippen molar-refractivity contribution < 1.29 is 0 Å². The van der Waals surface area contributed by atoms with Crippen molar-refractivity contribution in [2.75, 3.05) is 11.9 Å². The SMILES string of the molecule is [C-]#[N+]c1cncc(-c2ccc(N(C)c3cc4c(cn3)ncn4C)c(CC)c2)c1. The molecule has 0 atom stereocenters. The highest BCUT2D eigenvalue weighted by Gasteiger charge is 2.13. The summed E-state index contributed by atoms with van der Waals surface area (Å²) >= 11 is 0. The average molecular weight is 368 g/mol. The Labute approximate surface area is 163 Å². The zero-order valence-electron chi connectivity index (χ0n) is 16.1. The fourth-order valence-corrected chi connectivity index (χ4v) is 3.35. The summed E-state index contributed by atoms with van der Waals surface area (Å²) in [6, 6.07) is 10.3. The van der Waals surface area contributed by atoms with Gasteiger partial charge in [-0.15, -0.1) is 0 Å². The maximum Gasteiger partial charge on any atom is 0.205 e. The number of rotatable bonds is 4. The average Bonchev–Trinajstić information content (AvgIpc) is 3.13. The highest BCUT2D eigenvalue weighted by atomic mass is 15.2. The van der Waals surface area contributed by atoms with Crippen LogP contribution in [0, 0.1) is 6.57 Å². The van der Waals surface area contributed by atoms with E-state index < -0.39 is 0 Å². The highest BCUT2D eigenvalue weighted by molar-refractivity contribution is 5.80. The molecule has 0 unspecified atom stereocenters. The number of fused-ring (bicyclic) bond motifs is 1. The number of aryl methyl sites for hydroxylation is 2. The monoisotopic (exact) mass is 368 g/mol. The number of imidazole rings is 1. The van der Waals surface area contributed by atoms with E-state index in [1.807, 2.05) is 30.9 Å². The van der Waals surface area contributed by atoms with Crippen molar-refractivity contribution >= 4 is 28.2 Å². The summed E-state index contributed by atoms with van der Waals surface area (Å²) in [7, 11) is 4.01. The summed E-state index contributed by atoms with van der Waals surface area (Å²) in [5.74, 6) is 0.871. The first-order chi connectivity index (χ1) is 13.6. The Hall–Kier alpha value is -3.72. The van der Waals surface area contributed by atoms with Crippen molar-refractivity contribution in [3.05, 3.63) is 72.2 Å². The second kappa shape index (κ2) is 7.12. The van der Waals surface area contributed by atoms with E-state index in [0.29, 0.717) is 5.69 Å². The molecule has 6 nitrogen and oxygen atoms in total. The van der Waals surface area contributed by atoms with E-state index in [0.717, 1.165) is 40.1 Å². The normalized spacial score (nSPS) is 10.8. The van der Waals surface area contributed by atoms with Crippen LogP contribution in [-0.4, -0.2) is 26.6 Å². The van der Waals surface area contributed by atoms with Crippen LogP contribution in [0.1, 0.15) is 12.5 Å². The Morgan fingerprint density at radius 3 is 2.71 bits per heavy atom. The molecule has 0 saturated heterocycles. The molecule has 0 N–H and O–H groups in total. The van der Waals surface area contributed by atoms with Gasteiger partial charge in [0.25, 0.3) is 0 Å². The van der Waals surface area contributed by atoms with Gasteiger partial charge in [-0.05, 0) is 41.3 Å². The fourth-order valence-electron chi connectivity index (χ4n) is 3.35. The predicted molar refractivity (Wildman–Crippen MR) is 112 cm³/mol. The summed E-state index contributed by atoms with van der Waals surface area (Å²) in [6.45, 7) is 9.33. The van der Waals surface area contributed by atoms with Crippen LogP contribution in [0.5, 0.6) is 0 Å². The molecular weight excluding hydrogens is 348 g/mol. The Kier molecular flexibility index (Phi) is 4.50. The van der Waals surface area contributed by atoms with Crippen LogP contribution in [0.25, 0.3) is 27.0 Å². The smallest absolute Gasteiger partial charge is 0.205 e. The lowest BCUT2D eigenvalue weighted by molar-refractivity contribution is 0.946. The lowest BCUT2D eigenvalue weighted by Gasteiger charge is -2.22. The number of hydrogen-bond acceptors (Lipinski definition) is 4. The Balaban J connectivity index is 1.74. The van der Waals surface area contributed by atoms with Gasteiger partial charge in [0.1, 0.15) is 11.3 Å². The summed E-state index contributed by atoms with van der Waals surface area (Å²) in [5.41, 5.74) is 6.81. The summed E-state index contributed by atoms with van der Waals surface area (Å²) in [4.78, 5) is 18.7. The van der Waals surface area contributed by atoms with Gasteiger partial charge in [0.15, 0.2) is 0 Å². The standard InChI is InChI=1S/C22H20N6/c1-5-15-8-16(17-9-18(23-2)12-24-11-17)6-7-20(15)28(4)22-10-21-19(13-25-22)26-14-27(21)3/h6-14H,5H2,1,3-4H3. The van der Waals surface area contributed by atoms with E-state index in [-0.39, 0.29) is 0 Å². The third-order valence-corrected chi connectivity index (χ3v) is 4.95. The molecule has 4 rings (SSSR count). The van der Waals surface area contributed by atoms with Crippen molar-refractivity contribution in [1.82, 2.24) is 19.5 Å². The molecular formula is C22H20N6. The molecule has 0 aliphatic carbocycles. The molecule has 28 heavy (non-hydrogen) atoms. The van der Waals surface area contributed by atoms with Gasteiger partial charge in [-0.1, -0.05) is 13.0 Å². The van der Waals surface area contributed by atoms with Crippen LogP contribution in [0.3, 0.4) is 0 Å². The third kappa shape index (κ3) is 3.08. The molecule has 0 aliphatic rings. The minimum absolute atomic E-state index is 0.547. The van der Waals surface area contributed by atoms with Crippen LogP contribution in [0.2, 0.25) is 0 Å². The van der Waals surface area contributed by atoms with Gasteiger partial charge in [0.05, 0.1) is 24.6 Å². The van der Waals surface area contributed by atoms with Crippen LogP contribution in [0.4, 0.5) is 17.2 Å². The second-order valence-corrected chi connectivity index (χ2v) is 6.69. The molecule has 0 aliphatic heterocycles. The lowest BCUT2D eigenvalue weighted by Crippen LogP contribution is -2.13. The van der Waals surface area contributed by atoms with E-state index in [1.165, 1.54) is 5.56 Å². The van der Waals surface area contributed by atoms with E-state index in [9.17, 15) is 0 Å². The van der Waals surface area contributed by atoms with Gasteiger partial charge in [-0.3, -0.25) is 4.98 Å². The first-order valence-corrected chi connectivity index (χ1v) is 9.07. The molecule has 4 aromatic rings. The number of hydrogen-bond donors (Lipinski definition) is 0. The Morgan fingerprint density at radius 2 is 1.93 bits per heavy atom. The molecule has 0 saturated carbocycles. The number of aromatic nitrogens is 4. The van der Waals surface area contributed by atoms with E-state index in [4.69, 9.17) is 6.57 Å². The zero-order valence-corrected chi connectivity index (χ0v) is 16.1. The minimum atomic E-state index is 0.547. The minimum Gasteiger partial charge on any atom is -0.334 e. The largest absolute Gasteiger partial charge is 0.334 e. The van der Waals surface area contributed by atoms with Crippen molar-refractivity contribution in [3.63, 3.8) is 0 Å². The van der Waals surface area contributed by atoms with Gasteiger partial charge < -0.3 is 9.47 Å². The first-order valence-electron chi connectivity index (χ1n) is 9.07. The number of pyridine rings is 2. The van der Waals surface area contributed by atoms with Crippen molar-refractivity contribution in [2.24, 2.45) is 7.05 Å². The molecule has 3 aromatic heterocycles. The predicted octanol–water partition coefficient (Wildman–Crippen LogP) is 4.91. The zero-order chi connectivity index (χ0) is 19.7. The summed E-state index contributed by atoms with van der Waals surface area (Å²) in [6.07, 6.45) is 7.87. The highest BCUT2D eigenvalue weighted by Crippen LogP contribution is 2.32. The van der Waals surface area contributed by atoms with E-state index in [1.54, 1.807) is 18.7 Å². The molecule has 138 valence electrons. The molecule has 1 aromatic carbocycles. The molecule has 0 fully saturated rings. The molecule has 0 spiro atoms. The molecule has 0 amide bonds. The van der Waals surface area contributed by atoms with Gasteiger partial charge in [-0.2, -0.15) is 0 Å². The van der Waals surface area contributed by atoms with Gasteiger partial charge in [-0.25, -0.2) is 14.8 Å². The molecule has 6 heteroatoms. The van der Waals surface area contributed by atoms with Crippen molar-refractivity contribution in [1.29, 1.82) is 0 Å². The second-order valence-electron chi connectivity index (χ2n) is 6.69. The number of benzene rings is 1. The van der Waals surface area contributed by atoms with Gasteiger partial charge >= 0.3 is 0 Å². The van der Waals surface area contributed by atoms with Crippen LogP contribution in [-0.2, 0) is 13.5 Å². The third-order valence-electron chi connectivity index (χ3n) is 4.95. The number of nitrogens with zero attached hydrogens (tertiary/aromatic N) is 6. The summed E-state index contributed by atoms with van der Waals surface area (Å²) < 4.78 is 2.00. The van der Waals surface area contributed by atoms with E-state index in [2.05, 4.69) is 55.9 Å². The van der Waals surface area contributed by atoms with Crippen LogP contribution in [0.15, 0.2) is 55.2 Å². The van der Waals surface area contributed by atoms with Gasteiger partial charge in [0, 0.05) is 38.2 Å². The van der Waals surface area contributed by atoms with Crippen LogP contribution >= 0.6 is 0 Å². The quantitative estimate of drug-likeness (QED) is 0.480. The molecule has 0 bridgehead atoms. The van der Waals surface area contributed by atoms with Gasteiger partial charge in [0.2, 0.25) is 5.69 Å². The van der Waals surface area contributed by atoms with Crippen LogP contribution < -0.4 is 4.90 Å². The first kappa shape index (κ1) is 17.7. The fraction of sp³-hybridized carbons (Fsp3) is 0.182. The molecule has 0 radical (unpaired) electrons. The Bertz CT molecular complexity index is 1200. The van der Waals surface area contributed by atoms with Crippen molar-refractivity contribution in [2.45, 2.75) is 13.3 Å². The number of anilines is 2. The Morgan fingerprint density at radius 1 is 1.07 bits per heavy atom. The topological polar surface area (TPSA) is 51.2 Å². The maximum atomic E-state index is 7.19. The maximum absolute atomic E-state index is 7.19. The summed E-state index contributed by atoms with van der Waals surface area (Å²) in [5, 5.41) is 0. The lowest BCUT2D eigenvalue weighted by atomic mass is 10.0. The van der Waals surface area contributed by atoms with E-state index >= 15 is 0 Å². The molecule has 3 heterocycles. The van der Waals surface area contributed by atoms with Crippen molar-refractivity contribution in [3.8, 4) is 11.1 Å².